The molecule has 0 bridgehead atoms. The van der Waals surface area contributed by atoms with Gasteiger partial charge in [-0.1, -0.05) is 74.4 Å². The highest BCUT2D eigenvalue weighted by Gasteiger charge is 2.35. The molecule has 0 radical (unpaired) electrons. The van der Waals surface area contributed by atoms with E-state index in [-0.39, 0.29) is 16.9 Å². The van der Waals surface area contributed by atoms with Crippen LogP contribution in [0.4, 0.5) is 0 Å². The van der Waals surface area contributed by atoms with Gasteiger partial charge in [0.2, 0.25) is 0 Å². The molecule has 0 aliphatic carbocycles. The maximum absolute atomic E-state index is 9.74. The van der Waals surface area contributed by atoms with E-state index in [1.54, 1.807) is 24.3 Å². The summed E-state index contributed by atoms with van der Waals surface area (Å²) in [5.74, 6) is 0.541. The minimum Gasteiger partial charge on any atom is -0.508 e. The van der Waals surface area contributed by atoms with Crippen LogP contribution in [0.25, 0.3) is 0 Å². The first-order chi connectivity index (χ1) is 12.2. The maximum atomic E-state index is 9.74. The average Bonchev–Trinajstić information content (AvgIpc) is 2.65. The Hall–Kier alpha value is -2.74. The lowest BCUT2D eigenvalue weighted by Crippen LogP contribution is -2.29. The summed E-state index contributed by atoms with van der Waals surface area (Å²) in [6, 6.07) is 25.5. The van der Waals surface area contributed by atoms with Crippen LogP contribution in [0.3, 0.4) is 0 Å². The second-order valence-corrected chi connectivity index (χ2v) is 6.47. The Morgan fingerprint density at radius 1 is 0.640 bits per heavy atom. The van der Waals surface area contributed by atoms with Crippen LogP contribution < -0.4 is 0 Å². The number of hydrogen-bond donors (Lipinski definition) is 2. The Bertz CT molecular complexity index is 744. The van der Waals surface area contributed by atoms with Crippen molar-refractivity contribution in [2.24, 2.45) is 0 Å². The van der Waals surface area contributed by atoms with Gasteiger partial charge in [-0.05, 0) is 47.4 Å². The van der Waals surface area contributed by atoms with Crippen LogP contribution in [0.2, 0.25) is 0 Å². The van der Waals surface area contributed by atoms with E-state index in [9.17, 15) is 10.2 Å². The largest absolute Gasteiger partial charge is 0.508 e. The Kier molecular flexibility index (Phi) is 5.08. The van der Waals surface area contributed by atoms with Gasteiger partial charge >= 0.3 is 0 Å². The fourth-order valence-corrected chi connectivity index (χ4v) is 3.59. The summed E-state index contributed by atoms with van der Waals surface area (Å²) in [7, 11) is 0. The molecule has 0 saturated heterocycles. The van der Waals surface area contributed by atoms with E-state index in [0.717, 1.165) is 30.4 Å². The summed E-state index contributed by atoms with van der Waals surface area (Å²) in [6.07, 6.45) is 3.14. The van der Waals surface area contributed by atoms with Crippen LogP contribution in [0.15, 0.2) is 78.9 Å². The van der Waals surface area contributed by atoms with Gasteiger partial charge in [-0.15, -0.1) is 0 Å². The monoisotopic (exact) mass is 332 g/mol. The summed E-state index contributed by atoms with van der Waals surface area (Å²) in [5.41, 5.74) is 3.21. The molecule has 0 atom stereocenters. The molecule has 0 heterocycles. The predicted molar refractivity (Wildman–Crippen MR) is 102 cm³/mol. The molecule has 0 aliphatic rings. The third kappa shape index (κ3) is 3.39. The molecule has 3 rings (SSSR count). The van der Waals surface area contributed by atoms with Crippen molar-refractivity contribution in [3.8, 4) is 11.5 Å². The molecule has 0 unspecified atom stereocenters. The molecule has 0 spiro atoms. The quantitative estimate of drug-likeness (QED) is 0.575. The van der Waals surface area contributed by atoms with Gasteiger partial charge in [-0.25, -0.2) is 0 Å². The minimum atomic E-state index is -0.307. The number of phenolic OH excluding ortho intramolecular Hbond substituents is 2. The summed E-state index contributed by atoms with van der Waals surface area (Å²) in [4.78, 5) is 0. The van der Waals surface area contributed by atoms with Crippen LogP contribution in [0, 0.1) is 0 Å². The van der Waals surface area contributed by atoms with Gasteiger partial charge in [-0.3, -0.25) is 0 Å². The van der Waals surface area contributed by atoms with E-state index in [2.05, 4.69) is 31.2 Å². The molecule has 0 amide bonds. The average molecular weight is 332 g/mol. The van der Waals surface area contributed by atoms with E-state index in [0.29, 0.717) is 0 Å². The lowest BCUT2D eigenvalue weighted by atomic mass is 9.66. The Morgan fingerprint density at radius 2 is 1.08 bits per heavy atom. The molecule has 0 saturated carbocycles. The molecule has 2 heteroatoms. The van der Waals surface area contributed by atoms with Crippen molar-refractivity contribution in [3.05, 3.63) is 95.6 Å². The van der Waals surface area contributed by atoms with Gasteiger partial charge in [0.1, 0.15) is 11.5 Å². The zero-order valence-corrected chi connectivity index (χ0v) is 14.5. The maximum Gasteiger partial charge on any atom is 0.115 e. The van der Waals surface area contributed by atoms with Crippen molar-refractivity contribution in [1.82, 2.24) is 0 Å². The highest BCUT2D eigenvalue weighted by Crippen LogP contribution is 2.44. The SMILES string of the molecule is CCCCC(c1ccccc1)(c1ccc(O)cc1)c1ccc(O)cc1. The molecule has 128 valence electrons. The predicted octanol–water partition coefficient (Wildman–Crippen LogP) is 5.62. The Morgan fingerprint density at radius 3 is 1.52 bits per heavy atom. The molecule has 2 nitrogen and oxygen atoms in total. The fourth-order valence-electron chi connectivity index (χ4n) is 3.59. The van der Waals surface area contributed by atoms with Crippen LogP contribution in [0.5, 0.6) is 11.5 Å². The summed E-state index contributed by atoms with van der Waals surface area (Å²) in [6.45, 7) is 2.20. The van der Waals surface area contributed by atoms with Crippen molar-refractivity contribution in [1.29, 1.82) is 0 Å². The van der Waals surface area contributed by atoms with Crippen LogP contribution in [-0.2, 0) is 5.41 Å². The van der Waals surface area contributed by atoms with Crippen LogP contribution >= 0.6 is 0 Å². The van der Waals surface area contributed by atoms with Gasteiger partial charge in [0.25, 0.3) is 0 Å². The molecule has 2 N–H and O–H groups in total. The van der Waals surface area contributed by atoms with Crippen molar-refractivity contribution in [3.63, 3.8) is 0 Å². The second-order valence-electron chi connectivity index (χ2n) is 6.47. The van der Waals surface area contributed by atoms with Gasteiger partial charge in [0.15, 0.2) is 0 Å². The van der Waals surface area contributed by atoms with E-state index in [1.165, 1.54) is 5.56 Å². The third-order valence-electron chi connectivity index (χ3n) is 4.89. The first-order valence-corrected chi connectivity index (χ1v) is 8.81. The van der Waals surface area contributed by atoms with E-state index < -0.39 is 0 Å². The van der Waals surface area contributed by atoms with E-state index in [1.807, 2.05) is 30.3 Å². The number of hydrogen-bond acceptors (Lipinski definition) is 2. The fraction of sp³-hybridized carbons (Fsp3) is 0.217. The standard InChI is InChI=1S/C23H24O2/c1-2-3-17-23(18-7-5-4-6-8-18,19-9-13-21(24)14-10-19)20-11-15-22(25)16-12-20/h4-16,24-25H,2-3,17H2,1H3. The summed E-state index contributed by atoms with van der Waals surface area (Å²) >= 11 is 0. The van der Waals surface area contributed by atoms with Crippen LogP contribution in [-0.4, -0.2) is 10.2 Å². The van der Waals surface area contributed by atoms with E-state index in [4.69, 9.17) is 0 Å². The smallest absolute Gasteiger partial charge is 0.115 e. The number of rotatable bonds is 6. The summed E-state index contributed by atoms with van der Waals surface area (Å²) in [5, 5.41) is 19.5. The molecule has 0 fully saturated rings. The topological polar surface area (TPSA) is 40.5 Å². The van der Waals surface area contributed by atoms with Crippen LogP contribution in [0.1, 0.15) is 42.9 Å². The van der Waals surface area contributed by atoms with Crippen molar-refractivity contribution < 1.29 is 10.2 Å². The highest BCUT2D eigenvalue weighted by atomic mass is 16.3. The van der Waals surface area contributed by atoms with Gasteiger partial charge < -0.3 is 10.2 Å². The van der Waals surface area contributed by atoms with Gasteiger partial charge in [0, 0.05) is 5.41 Å². The van der Waals surface area contributed by atoms with Crippen molar-refractivity contribution in [2.75, 3.05) is 0 Å². The lowest BCUT2D eigenvalue weighted by molar-refractivity contribution is 0.471. The third-order valence-corrected chi connectivity index (χ3v) is 4.89. The van der Waals surface area contributed by atoms with Crippen molar-refractivity contribution >= 4 is 0 Å². The first kappa shape index (κ1) is 17.1. The molecule has 0 aliphatic heterocycles. The summed E-state index contributed by atoms with van der Waals surface area (Å²) < 4.78 is 0. The van der Waals surface area contributed by atoms with Crippen molar-refractivity contribution in [2.45, 2.75) is 31.6 Å². The number of benzene rings is 3. The number of phenols is 2. The molecule has 25 heavy (non-hydrogen) atoms. The zero-order valence-electron chi connectivity index (χ0n) is 14.5. The molecule has 0 aromatic heterocycles. The first-order valence-electron chi connectivity index (χ1n) is 8.81. The van der Waals surface area contributed by atoms with E-state index >= 15 is 0 Å². The lowest BCUT2D eigenvalue weighted by Gasteiger charge is -2.36. The molecular weight excluding hydrogens is 308 g/mol. The number of unbranched alkanes of at least 4 members (excludes halogenated alkanes) is 1. The zero-order chi connectivity index (χ0) is 17.7. The molecule has 3 aromatic carbocycles. The van der Waals surface area contributed by atoms with Gasteiger partial charge in [0.05, 0.1) is 0 Å². The minimum absolute atomic E-state index is 0.270. The molecule has 3 aromatic rings. The molecular formula is C23H24O2. The normalized spacial score (nSPS) is 11.4. The highest BCUT2D eigenvalue weighted by molar-refractivity contribution is 5.51. The Balaban J connectivity index is 2.26. The van der Waals surface area contributed by atoms with Gasteiger partial charge in [-0.2, -0.15) is 0 Å². The number of aromatic hydroxyl groups is 2. The second kappa shape index (κ2) is 7.43. The Labute approximate surface area is 149 Å².